The van der Waals surface area contributed by atoms with Gasteiger partial charge in [0.1, 0.15) is 0 Å². The van der Waals surface area contributed by atoms with Crippen molar-refractivity contribution < 1.29 is 9.90 Å². The van der Waals surface area contributed by atoms with Crippen LogP contribution in [0.5, 0.6) is 0 Å². The van der Waals surface area contributed by atoms with Gasteiger partial charge in [-0.15, -0.1) is 0 Å². The summed E-state index contributed by atoms with van der Waals surface area (Å²) in [6.07, 6.45) is 2.17. The molecular formula is C20H16N2O2S. The van der Waals surface area contributed by atoms with E-state index in [0.717, 1.165) is 18.7 Å². The first-order valence-corrected chi connectivity index (χ1v) is 8.86. The summed E-state index contributed by atoms with van der Waals surface area (Å²) in [5.41, 5.74) is 3.51. The third-order valence-electron chi connectivity index (χ3n) is 4.20. The number of carboxylic acids is 1. The van der Waals surface area contributed by atoms with Crippen LogP contribution in [0.15, 0.2) is 76.7 Å². The molecule has 0 saturated carbocycles. The quantitative estimate of drug-likeness (QED) is 0.745. The second-order valence-corrected chi connectivity index (χ2v) is 6.87. The first-order chi connectivity index (χ1) is 12.2. The second-order valence-electron chi connectivity index (χ2n) is 5.78. The Morgan fingerprint density at radius 1 is 0.960 bits per heavy atom. The Bertz CT molecular complexity index is 879. The Labute approximate surface area is 150 Å². The fourth-order valence-corrected chi connectivity index (χ4v) is 4.04. The number of nitrogens with zero attached hydrogens (tertiary/aromatic N) is 2. The van der Waals surface area contributed by atoms with Crippen LogP contribution in [-0.4, -0.2) is 22.6 Å². The average Bonchev–Trinajstić information content (AvgIpc) is 2.65. The normalized spacial score (nSPS) is 12.4. The lowest BCUT2D eigenvalue weighted by Gasteiger charge is -2.32. The van der Waals surface area contributed by atoms with E-state index in [9.17, 15) is 4.79 Å². The van der Waals surface area contributed by atoms with Crippen molar-refractivity contribution in [1.29, 1.82) is 0 Å². The number of carboxylic acid groups (broad SMARTS) is 1. The number of rotatable bonds is 4. The molecule has 124 valence electrons. The molecule has 0 bridgehead atoms. The second kappa shape index (κ2) is 6.61. The molecule has 0 spiro atoms. The summed E-state index contributed by atoms with van der Waals surface area (Å²) in [4.78, 5) is 20.0. The molecule has 5 heteroatoms. The van der Waals surface area contributed by atoms with Gasteiger partial charge in [0, 0.05) is 34.6 Å². The Kier molecular flexibility index (Phi) is 4.15. The van der Waals surface area contributed by atoms with E-state index in [2.05, 4.69) is 58.4 Å². The zero-order valence-electron chi connectivity index (χ0n) is 13.4. The molecule has 1 aliphatic rings. The molecule has 2 aromatic carbocycles. The summed E-state index contributed by atoms with van der Waals surface area (Å²) in [5, 5.41) is 8.98. The highest BCUT2D eigenvalue weighted by Crippen LogP contribution is 2.47. The third-order valence-corrected chi connectivity index (χ3v) is 5.33. The van der Waals surface area contributed by atoms with Crippen LogP contribution in [0.2, 0.25) is 0 Å². The van der Waals surface area contributed by atoms with Crippen LogP contribution in [0.25, 0.3) is 0 Å². The summed E-state index contributed by atoms with van der Waals surface area (Å²) < 4.78 is 0. The zero-order valence-corrected chi connectivity index (χ0v) is 14.2. The standard InChI is InChI=1S/C20H16N2O2S/c23-20(24)14-9-10-15(21-13-14)11-12-22-16-5-1-3-7-18(16)25-19-8-4-2-6-17(19)22/h1-10,13H,11-12H2,(H,23,24). The van der Waals surface area contributed by atoms with Crippen molar-refractivity contribution in [3.63, 3.8) is 0 Å². The van der Waals surface area contributed by atoms with E-state index in [1.807, 2.05) is 0 Å². The average molecular weight is 348 g/mol. The molecule has 1 aliphatic heterocycles. The van der Waals surface area contributed by atoms with E-state index in [0.29, 0.717) is 0 Å². The molecule has 0 amide bonds. The summed E-state index contributed by atoms with van der Waals surface area (Å²) in [6, 6.07) is 20.2. The van der Waals surface area contributed by atoms with Gasteiger partial charge in [-0.05, 0) is 36.4 Å². The predicted molar refractivity (Wildman–Crippen MR) is 98.9 cm³/mol. The molecular weight excluding hydrogens is 332 g/mol. The number of fused-ring (bicyclic) bond motifs is 2. The Hall–Kier alpha value is -2.79. The van der Waals surface area contributed by atoms with Crippen LogP contribution in [0.1, 0.15) is 16.1 Å². The van der Waals surface area contributed by atoms with Crippen molar-refractivity contribution in [2.75, 3.05) is 11.4 Å². The maximum absolute atomic E-state index is 10.9. The molecule has 0 unspecified atom stereocenters. The van der Waals surface area contributed by atoms with Crippen molar-refractivity contribution in [2.24, 2.45) is 0 Å². The highest BCUT2D eigenvalue weighted by Gasteiger charge is 2.22. The van der Waals surface area contributed by atoms with E-state index in [1.165, 1.54) is 27.4 Å². The van der Waals surface area contributed by atoms with E-state index < -0.39 is 5.97 Å². The van der Waals surface area contributed by atoms with Gasteiger partial charge in [0.05, 0.1) is 16.9 Å². The van der Waals surface area contributed by atoms with Crippen molar-refractivity contribution in [3.8, 4) is 0 Å². The lowest BCUT2D eigenvalue weighted by Crippen LogP contribution is -2.23. The number of pyridine rings is 1. The number of carbonyl (C=O) groups is 1. The fourth-order valence-electron chi connectivity index (χ4n) is 2.95. The van der Waals surface area contributed by atoms with Gasteiger partial charge in [-0.25, -0.2) is 4.79 Å². The highest BCUT2D eigenvalue weighted by atomic mass is 32.2. The summed E-state index contributed by atoms with van der Waals surface area (Å²) in [7, 11) is 0. The minimum Gasteiger partial charge on any atom is -0.478 e. The first kappa shape index (κ1) is 15.7. The number of hydrogen-bond donors (Lipinski definition) is 1. The summed E-state index contributed by atoms with van der Waals surface area (Å²) in [6.45, 7) is 0.786. The van der Waals surface area contributed by atoms with Crippen LogP contribution in [-0.2, 0) is 6.42 Å². The van der Waals surface area contributed by atoms with E-state index in [1.54, 1.807) is 23.9 Å². The van der Waals surface area contributed by atoms with E-state index in [-0.39, 0.29) is 5.56 Å². The van der Waals surface area contributed by atoms with Gasteiger partial charge in [-0.3, -0.25) is 4.98 Å². The summed E-state index contributed by atoms with van der Waals surface area (Å²) in [5.74, 6) is -0.949. The monoisotopic (exact) mass is 348 g/mol. The lowest BCUT2D eigenvalue weighted by molar-refractivity contribution is 0.0696. The van der Waals surface area contributed by atoms with Crippen molar-refractivity contribution in [3.05, 3.63) is 78.1 Å². The maximum atomic E-state index is 10.9. The number of para-hydroxylation sites is 2. The Morgan fingerprint density at radius 2 is 1.60 bits per heavy atom. The first-order valence-electron chi connectivity index (χ1n) is 8.04. The minimum absolute atomic E-state index is 0.216. The number of benzene rings is 2. The Balaban J connectivity index is 1.61. The van der Waals surface area contributed by atoms with Gasteiger partial charge in [0.25, 0.3) is 0 Å². The molecule has 2 heterocycles. The van der Waals surface area contributed by atoms with Crippen LogP contribution in [0.3, 0.4) is 0 Å². The maximum Gasteiger partial charge on any atom is 0.337 e. The van der Waals surface area contributed by atoms with Gasteiger partial charge >= 0.3 is 5.97 Å². The van der Waals surface area contributed by atoms with Crippen molar-refractivity contribution >= 4 is 29.1 Å². The van der Waals surface area contributed by atoms with E-state index in [4.69, 9.17) is 5.11 Å². The molecule has 0 saturated heterocycles. The van der Waals surface area contributed by atoms with Crippen LogP contribution in [0, 0.1) is 0 Å². The lowest BCUT2D eigenvalue weighted by atomic mass is 10.1. The molecule has 4 nitrogen and oxygen atoms in total. The molecule has 4 rings (SSSR count). The van der Waals surface area contributed by atoms with E-state index >= 15 is 0 Å². The molecule has 0 atom stereocenters. The van der Waals surface area contributed by atoms with Crippen LogP contribution in [0.4, 0.5) is 11.4 Å². The van der Waals surface area contributed by atoms with Crippen LogP contribution >= 0.6 is 11.8 Å². The van der Waals surface area contributed by atoms with Gasteiger partial charge in [0.2, 0.25) is 0 Å². The SMILES string of the molecule is O=C(O)c1ccc(CCN2c3ccccc3Sc3ccccc32)nc1. The fraction of sp³-hybridized carbons (Fsp3) is 0.100. The van der Waals surface area contributed by atoms with Gasteiger partial charge < -0.3 is 10.0 Å². The smallest absolute Gasteiger partial charge is 0.337 e. The number of aromatic nitrogens is 1. The minimum atomic E-state index is -0.949. The van der Waals surface area contributed by atoms with Gasteiger partial charge in [-0.1, -0.05) is 36.0 Å². The molecule has 0 fully saturated rings. The van der Waals surface area contributed by atoms with Crippen molar-refractivity contribution in [2.45, 2.75) is 16.2 Å². The third kappa shape index (κ3) is 3.10. The Morgan fingerprint density at radius 3 is 2.16 bits per heavy atom. The molecule has 0 aliphatic carbocycles. The van der Waals surface area contributed by atoms with Crippen LogP contribution < -0.4 is 4.90 Å². The number of hydrogen-bond acceptors (Lipinski definition) is 4. The van der Waals surface area contributed by atoms with Gasteiger partial charge in [0.15, 0.2) is 0 Å². The topological polar surface area (TPSA) is 53.4 Å². The number of anilines is 2. The largest absolute Gasteiger partial charge is 0.478 e. The predicted octanol–water partition coefficient (Wildman–Crippen LogP) is 4.63. The van der Waals surface area contributed by atoms with Crippen molar-refractivity contribution in [1.82, 2.24) is 4.98 Å². The zero-order chi connectivity index (χ0) is 17.2. The van der Waals surface area contributed by atoms with Gasteiger partial charge in [-0.2, -0.15) is 0 Å². The molecule has 1 N–H and O–H groups in total. The molecule has 3 aromatic rings. The molecule has 1 aromatic heterocycles. The molecule has 0 radical (unpaired) electrons. The molecule has 25 heavy (non-hydrogen) atoms. The highest BCUT2D eigenvalue weighted by molar-refractivity contribution is 7.99. The summed E-state index contributed by atoms with van der Waals surface area (Å²) >= 11 is 1.79. The number of aromatic carboxylic acids is 1.